The molecular weight excluding hydrogens is 254 g/mol. The predicted molar refractivity (Wildman–Crippen MR) is 80.7 cm³/mol. The molecule has 3 heteroatoms. The number of aliphatic hydroxyl groups excluding tert-OH is 1. The summed E-state index contributed by atoms with van der Waals surface area (Å²) >= 11 is 1.99. The summed E-state index contributed by atoms with van der Waals surface area (Å²) in [6.45, 7) is 2.31. The van der Waals surface area contributed by atoms with Crippen LogP contribution in [0.1, 0.15) is 53.8 Å². The van der Waals surface area contributed by atoms with Crippen LogP contribution >= 0.6 is 11.3 Å². The lowest BCUT2D eigenvalue weighted by Gasteiger charge is -2.35. The molecule has 0 radical (unpaired) electrons. The van der Waals surface area contributed by atoms with E-state index in [-0.39, 0.29) is 5.41 Å². The summed E-state index contributed by atoms with van der Waals surface area (Å²) < 4.78 is 0. The molecule has 0 bridgehead atoms. The lowest BCUT2D eigenvalue weighted by atomic mass is 9.74. The van der Waals surface area contributed by atoms with Crippen LogP contribution in [0.4, 0.5) is 0 Å². The van der Waals surface area contributed by atoms with Crippen molar-refractivity contribution >= 4 is 11.3 Å². The van der Waals surface area contributed by atoms with Crippen LogP contribution in [0, 0.1) is 5.41 Å². The van der Waals surface area contributed by atoms with E-state index in [0.717, 1.165) is 13.1 Å². The molecule has 106 valence electrons. The van der Waals surface area contributed by atoms with E-state index in [0.29, 0.717) is 6.61 Å². The van der Waals surface area contributed by atoms with Gasteiger partial charge in [-0.15, -0.1) is 11.3 Å². The normalized spacial score (nSPS) is 21.5. The lowest BCUT2D eigenvalue weighted by molar-refractivity contribution is 0.0811. The first-order valence-corrected chi connectivity index (χ1v) is 8.55. The SMILES string of the molecule is OCC1(CNCc2cc3c(s2)CCC3)CCCCC1. The van der Waals surface area contributed by atoms with Crippen molar-refractivity contribution < 1.29 is 5.11 Å². The summed E-state index contributed by atoms with van der Waals surface area (Å²) in [7, 11) is 0. The molecule has 0 atom stereocenters. The Bertz CT molecular complexity index is 399. The van der Waals surface area contributed by atoms with E-state index in [1.165, 1.54) is 56.2 Å². The molecule has 0 amide bonds. The second-order valence-electron chi connectivity index (χ2n) is 6.34. The maximum atomic E-state index is 9.70. The molecule has 1 heterocycles. The van der Waals surface area contributed by atoms with Gasteiger partial charge in [-0.1, -0.05) is 19.3 Å². The molecule has 3 rings (SSSR count). The second-order valence-corrected chi connectivity index (χ2v) is 7.56. The number of hydrogen-bond acceptors (Lipinski definition) is 3. The van der Waals surface area contributed by atoms with Crippen molar-refractivity contribution in [3.8, 4) is 0 Å². The van der Waals surface area contributed by atoms with Crippen molar-refractivity contribution in [1.82, 2.24) is 5.32 Å². The summed E-state index contributed by atoms with van der Waals surface area (Å²) in [5.74, 6) is 0. The van der Waals surface area contributed by atoms with Crippen LogP contribution in [0.3, 0.4) is 0 Å². The molecule has 0 unspecified atom stereocenters. The average Bonchev–Trinajstić information content (AvgIpc) is 3.01. The van der Waals surface area contributed by atoms with Gasteiger partial charge < -0.3 is 10.4 Å². The van der Waals surface area contributed by atoms with Crippen molar-refractivity contribution in [2.24, 2.45) is 5.41 Å². The third-order valence-corrected chi connectivity index (χ3v) is 6.08. The Labute approximate surface area is 120 Å². The fraction of sp³-hybridized carbons (Fsp3) is 0.750. The van der Waals surface area contributed by atoms with Gasteiger partial charge in [0.25, 0.3) is 0 Å². The topological polar surface area (TPSA) is 32.3 Å². The molecule has 2 aliphatic rings. The van der Waals surface area contributed by atoms with Crippen LogP contribution in [0.15, 0.2) is 6.07 Å². The number of hydrogen-bond donors (Lipinski definition) is 2. The van der Waals surface area contributed by atoms with E-state index in [1.807, 2.05) is 11.3 Å². The first-order valence-electron chi connectivity index (χ1n) is 7.73. The fourth-order valence-electron chi connectivity index (χ4n) is 3.62. The van der Waals surface area contributed by atoms with E-state index in [2.05, 4.69) is 11.4 Å². The number of aryl methyl sites for hydroxylation is 2. The Morgan fingerprint density at radius 1 is 1.16 bits per heavy atom. The zero-order valence-corrected chi connectivity index (χ0v) is 12.5. The summed E-state index contributed by atoms with van der Waals surface area (Å²) in [6.07, 6.45) is 10.2. The first-order chi connectivity index (χ1) is 9.31. The molecular formula is C16H25NOS. The van der Waals surface area contributed by atoms with Crippen molar-refractivity contribution in [3.05, 3.63) is 21.4 Å². The van der Waals surface area contributed by atoms with Gasteiger partial charge in [0.05, 0.1) is 0 Å². The highest BCUT2D eigenvalue weighted by molar-refractivity contribution is 7.12. The largest absolute Gasteiger partial charge is 0.396 e. The van der Waals surface area contributed by atoms with Crippen LogP contribution in [0.5, 0.6) is 0 Å². The number of nitrogens with one attached hydrogen (secondary N) is 1. The quantitative estimate of drug-likeness (QED) is 0.867. The van der Waals surface area contributed by atoms with Gasteiger partial charge in [0.1, 0.15) is 0 Å². The number of aliphatic hydroxyl groups is 1. The molecule has 0 spiro atoms. The van der Waals surface area contributed by atoms with E-state index in [9.17, 15) is 5.11 Å². The minimum atomic E-state index is 0.165. The first kappa shape index (κ1) is 13.6. The van der Waals surface area contributed by atoms with Gasteiger partial charge in [-0.05, 0) is 43.7 Å². The van der Waals surface area contributed by atoms with Crippen molar-refractivity contribution in [3.63, 3.8) is 0 Å². The van der Waals surface area contributed by atoms with Crippen LogP contribution in [0.2, 0.25) is 0 Å². The molecule has 0 saturated heterocycles. The van der Waals surface area contributed by atoms with Crippen LogP contribution in [0.25, 0.3) is 0 Å². The van der Waals surface area contributed by atoms with Gasteiger partial charge in [0.15, 0.2) is 0 Å². The Hall–Kier alpha value is -0.380. The average molecular weight is 279 g/mol. The molecule has 2 nitrogen and oxygen atoms in total. The molecule has 1 aromatic heterocycles. The van der Waals surface area contributed by atoms with E-state index >= 15 is 0 Å². The summed E-state index contributed by atoms with van der Waals surface area (Å²) in [5, 5.41) is 13.3. The number of fused-ring (bicyclic) bond motifs is 1. The highest BCUT2D eigenvalue weighted by Gasteiger charge is 2.30. The molecule has 1 fully saturated rings. The van der Waals surface area contributed by atoms with Crippen molar-refractivity contribution in [2.45, 2.75) is 57.9 Å². The Balaban J connectivity index is 1.51. The van der Waals surface area contributed by atoms with Crippen LogP contribution in [-0.2, 0) is 19.4 Å². The van der Waals surface area contributed by atoms with Crippen LogP contribution in [-0.4, -0.2) is 18.3 Å². The van der Waals surface area contributed by atoms with Crippen molar-refractivity contribution in [2.75, 3.05) is 13.2 Å². The Morgan fingerprint density at radius 3 is 2.74 bits per heavy atom. The minimum Gasteiger partial charge on any atom is -0.396 e. The van der Waals surface area contributed by atoms with E-state index in [1.54, 1.807) is 10.4 Å². The smallest absolute Gasteiger partial charge is 0.0499 e. The molecule has 0 aliphatic heterocycles. The maximum absolute atomic E-state index is 9.70. The molecule has 19 heavy (non-hydrogen) atoms. The van der Waals surface area contributed by atoms with Gasteiger partial charge in [-0.2, -0.15) is 0 Å². The summed E-state index contributed by atoms with van der Waals surface area (Å²) in [4.78, 5) is 3.10. The fourth-order valence-corrected chi connectivity index (χ4v) is 4.85. The van der Waals surface area contributed by atoms with Gasteiger partial charge in [0, 0.05) is 34.9 Å². The standard InChI is InChI=1S/C16H25NOS/c18-12-16(7-2-1-3-8-16)11-17-10-14-9-13-5-4-6-15(13)19-14/h9,17-18H,1-8,10-12H2. The zero-order chi connectivity index (χ0) is 13.1. The number of thiophene rings is 1. The maximum Gasteiger partial charge on any atom is 0.0499 e. The second kappa shape index (κ2) is 5.94. The zero-order valence-electron chi connectivity index (χ0n) is 11.7. The summed E-state index contributed by atoms with van der Waals surface area (Å²) in [5.41, 5.74) is 1.76. The van der Waals surface area contributed by atoms with E-state index < -0.39 is 0 Å². The highest BCUT2D eigenvalue weighted by Crippen LogP contribution is 2.35. The molecule has 2 aliphatic carbocycles. The van der Waals surface area contributed by atoms with Gasteiger partial charge in [-0.25, -0.2) is 0 Å². The highest BCUT2D eigenvalue weighted by atomic mass is 32.1. The van der Waals surface area contributed by atoms with E-state index in [4.69, 9.17) is 0 Å². The number of rotatable bonds is 5. The Kier molecular flexibility index (Phi) is 4.25. The van der Waals surface area contributed by atoms with Crippen molar-refractivity contribution in [1.29, 1.82) is 0 Å². The molecule has 1 saturated carbocycles. The minimum absolute atomic E-state index is 0.165. The molecule has 0 aromatic carbocycles. The molecule has 2 N–H and O–H groups in total. The Morgan fingerprint density at radius 2 is 2.00 bits per heavy atom. The van der Waals surface area contributed by atoms with Crippen LogP contribution < -0.4 is 5.32 Å². The monoisotopic (exact) mass is 279 g/mol. The third kappa shape index (κ3) is 3.04. The molecule has 1 aromatic rings. The van der Waals surface area contributed by atoms with Gasteiger partial charge >= 0.3 is 0 Å². The summed E-state index contributed by atoms with van der Waals surface area (Å²) in [6, 6.07) is 2.40. The third-order valence-electron chi connectivity index (χ3n) is 4.85. The predicted octanol–water partition coefficient (Wildman–Crippen LogP) is 3.27. The van der Waals surface area contributed by atoms with Gasteiger partial charge in [-0.3, -0.25) is 0 Å². The lowest BCUT2D eigenvalue weighted by Crippen LogP contribution is -2.38. The van der Waals surface area contributed by atoms with Gasteiger partial charge in [0.2, 0.25) is 0 Å².